The van der Waals surface area contributed by atoms with E-state index < -0.39 is 38.6 Å². The number of hydrogen-bond acceptors (Lipinski definition) is 7. The second-order valence-electron chi connectivity index (χ2n) is 13.0. The molecule has 49 heavy (non-hydrogen) atoms. The van der Waals surface area contributed by atoms with Crippen molar-refractivity contribution in [1.29, 1.82) is 0 Å². The summed E-state index contributed by atoms with van der Waals surface area (Å²) < 4.78 is 22.0. The Hall–Kier alpha value is -1.58. The van der Waals surface area contributed by atoms with Gasteiger partial charge in [-0.15, -0.1) is 0 Å². The predicted octanol–water partition coefficient (Wildman–Crippen LogP) is 9.13. The molecule has 0 saturated carbocycles. The summed E-state index contributed by atoms with van der Waals surface area (Å²) in [6.07, 6.45) is 37.6. The van der Waals surface area contributed by atoms with Gasteiger partial charge in [0.25, 0.3) is 0 Å². The Morgan fingerprint density at radius 3 is 1.86 bits per heavy atom. The number of hydrogen-bond donors (Lipinski definition) is 5. The topological polar surface area (TPSA) is 151 Å². The van der Waals surface area contributed by atoms with Crippen LogP contribution in [-0.4, -0.2) is 59.0 Å². The third-order valence-electron chi connectivity index (χ3n) is 8.21. The number of carbonyl (C=O) groups is 1. The van der Waals surface area contributed by atoms with E-state index in [1.165, 1.54) is 70.6 Å². The summed E-state index contributed by atoms with van der Waals surface area (Å²) in [4.78, 5) is 22.6. The maximum Gasteiger partial charge on any atom is 0.472 e. The Balaban J connectivity index is 4.53. The van der Waals surface area contributed by atoms with E-state index in [0.717, 1.165) is 51.4 Å². The van der Waals surface area contributed by atoms with Gasteiger partial charge >= 0.3 is 7.82 Å². The first kappa shape index (κ1) is 47.4. The molecule has 0 aromatic heterocycles. The molecule has 0 aliphatic rings. The lowest BCUT2D eigenvalue weighted by molar-refractivity contribution is -0.124. The van der Waals surface area contributed by atoms with Gasteiger partial charge in [0.2, 0.25) is 5.91 Å². The number of nitrogens with one attached hydrogen (secondary N) is 1. The van der Waals surface area contributed by atoms with Crippen molar-refractivity contribution in [3.05, 3.63) is 48.6 Å². The van der Waals surface area contributed by atoms with Crippen molar-refractivity contribution in [3.8, 4) is 0 Å². The Kier molecular flexibility index (Phi) is 33.7. The number of rotatable bonds is 35. The van der Waals surface area contributed by atoms with Gasteiger partial charge in [0.05, 0.1) is 37.9 Å². The smallest absolute Gasteiger partial charge is 0.393 e. The quantitative estimate of drug-likeness (QED) is 0.0189. The van der Waals surface area contributed by atoms with Crippen LogP contribution in [0.1, 0.15) is 155 Å². The fourth-order valence-electron chi connectivity index (χ4n) is 5.24. The number of allylic oxidation sites excluding steroid dienone is 7. The summed E-state index contributed by atoms with van der Waals surface area (Å²) in [7, 11) is -4.41. The molecule has 9 nitrogen and oxygen atoms in total. The maximum atomic E-state index is 12.7. The number of phosphoric acid groups is 1. The first-order chi connectivity index (χ1) is 23.8. The van der Waals surface area contributed by atoms with Gasteiger partial charge < -0.3 is 26.2 Å². The van der Waals surface area contributed by atoms with Crippen LogP contribution in [0.4, 0.5) is 0 Å². The fraction of sp³-hybridized carbons (Fsp3) is 0.769. The number of phosphoric ester groups is 1. The zero-order valence-corrected chi connectivity index (χ0v) is 31.9. The Bertz CT molecular complexity index is 925. The Labute approximate surface area is 299 Å². The van der Waals surface area contributed by atoms with Gasteiger partial charge in [-0.05, 0) is 57.8 Å². The van der Waals surface area contributed by atoms with E-state index in [2.05, 4.69) is 55.6 Å². The second-order valence-corrected chi connectivity index (χ2v) is 14.4. The molecule has 10 heteroatoms. The minimum atomic E-state index is -4.41. The molecule has 0 saturated heterocycles. The summed E-state index contributed by atoms with van der Waals surface area (Å²) in [5.41, 5.74) is 5.34. The average molecular weight is 713 g/mol. The van der Waals surface area contributed by atoms with E-state index in [1.54, 1.807) is 6.08 Å². The summed E-state index contributed by atoms with van der Waals surface area (Å²) in [5.74, 6) is -0.471. The van der Waals surface area contributed by atoms with Gasteiger partial charge in [-0.3, -0.25) is 13.8 Å². The summed E-state index contributed by atoms with van der Waals surface area (Å²) in [6.45, 7) is 3.87. The highest BCUT2D eigenvalue weighted by Crippen LogP contribution is 2.43. The summed E-state index contributed by atoms with van der Waals surface area (Å²) in [5, 5.41) is 23.9. The largest absolute Gasteiger partial charge is 0.472 e. The first-order valence-corrected chi connectivity index (χ1v) is 20.9. The predicted molar refractivity (Wildman–Crippen MR) is 204 cm³/mol. The zero-order valence-electron chi connectivity index (χ0n) is 31.0. The van der Waals surface area contributed by atoms with Crippen LogP contribution < -0.4 is 11.1 Å². The van der Waals surface area contributed by atoms with Crippen LogP contribution in [-0.2, 0) is 18.4 Å². The van der Waals surface area contributed by atoms with Crippen LogP contribution in [0.5, 0.6) is 0 Å². The van der Waals surface area contributed by atoms with Crippen molar-refractivity contribution in [2.75, 3.05) is 19.8 Å². The fourth-order valence-corrected chi connectivity index (χ4v) is 6.00. The van der Waals surface area contributed by atoms with E-state index >= 15 is 0 Å². The number of carbonyl (C=O) groups excluding carboxylic acids is 1. The third-order valence-corrected chi connectivity index (χ3v) is 9.19. The van der Waals surface area contributed by atoms with Crippen molar-refractivity contribution in [1.82, 2.24) is 5.32 Å². The van der Waals surface area contributed by atoms with E-state index in [4.69, 9.17) is 14.8 Å². The number of amides is 1. The third kappa shape index (κ3) is 33.3. The number of aliphatic hydroxyl groups excluding tert-OH is 2. The SMILES string of the molecule is CCCCC/C=C\C=C/CCCCCCC(O)CC(=O)NC(COP(=O)(O)OCCN)C(O)/C=C/CC/C=C/CCCCCCCCCC. The summed E-state index contributed by atoms with van der Waals surface area (Å²) in [6, 6.07) is -1.00. The van der Waals surface area contributed by atoms with Crippen LogP contribution >= 0.6 is 7.82 Å². The molecule has 0 bridgehead atoms. The molecule has 0 radical (unpaired) electrons. The monoisotopic (exact) mass is 713 g/mol. The highest BCUT2D eigenvalue weighted by Gasteiger charge is 2.27. The molecule has 0 aromatic rings. The van der Waals surface area contributed by atoms with E-state index in [0.29, 0.717) is 12.8 Å². The molecule has 286 valence electrons. The Morgan fingerprint density at radius 1 is 0.714 bits per heavy atom. The molecule has 4 atom stereocenters. The second kappa shape index (κ2) is 34.9. The Morgan fingerprint density at radius 2 is 1.22 bits per heavy atom. The number of nitrogens with two attached hydrogens (primary N) is 1. The molecule has 0 aliphatic heterocycles. The zero-order chi connectivity index (χ0) is 36.3. The van der Waals surface area contributed by atoms with Crippen LogP contribution in [0.25, 0.3) is 0 Å². The van der Waals surface area contributed by atoms with Gasteiger partial charge in [0.15, 0.2) is 0 Å². The summed E-state index contributed by atoms with van der Waals surface area (Å²) >= 11 is 0. The van der Waals surface area contributed by atoms with Crippen LogP contribution in [0.3, 0.4) is 0 Å². The van der Waals surface area contributed by atoms with Gasteiger partial charge in [-0.1, -0.05) is 140 Å². The van der Waals surface area contributed by atoms with Crippen molar-refractivity contribution < 1.29 is 33.5 Å². The molecule has 0 aromatic carbocycles. The average Bonchev–Trinajstić information content (AvgIpc) is 3.07. The van der Waals surface area contributed by atoms with Gasteiger partial charge in [-0.25, -0.2) is 4.57 Å². The molecule has 0 heterocycles. The van der Waals surface area contributed by atoms with Crippen molar-refractivity contribution in [3.63, 3.8) is 0 Å². The highest BCUT2D eigenvalue weighted by molar-refractivity contribution is 7.47. The van der Waals surface area contributed by atoms with Crippen molar-refractivity contribution >= 4 is 13.7 Å². The maximum absolute atomic E-state index is 12.7. The van der Waals surface area contributed by atoms with Crippen LogP contribution in [0.15, 0.2) is 48.6 Å². The van der Waals surface area contributed by atoms with Crippen molar-refractivity contribution in [2.24, 2.45) is 5.73 Å². The molecular weight excluding hydrogens is 639 g/mol. The molecule has 4 unspecified atom stereocenters. The molecule has 0 rings (SSSR count). The van der Waals surface area contributed by atoms with Crippen LogP contribution in [0, 0.1) is 0 Å². The molecule has 0 aliphatic carbocycles. The molecule has 6 N–H and O–H groups in total. The molecule has 1 amide bonds. The molecular formula is C39H73N2O7P. The van der Waals surface area contributed by atoms with E-state index in [9.17, 15) is 24.5 Å². The minimum absolute atomic E-state index is 0.0405. The van der Waals surface area contributed by atoms with Gasteiger partial charge in [-0.2, -0.15) is 0 Å². The van der Waals surface area contributed by atoms with Crippen molar-refractivity contribution in [2.45, 2.75) is 173 Å². The number of aliphatic hydroxyl groups is 2. The normalized spacial score (nSPS) is 15.5. The van der Waals surface area contributed by atoms with Crippen LogP contribution in [0.2, 0.25) is 0 Å². The first-order valence-electron chi connectivity index (χ1n) is 19.4. The van der Waals surface area contributed by atoms with E-state index in [1.807, 2.05) is 6.08 Å². The molecule has 0 fully saturated rings. The minimum Gasteiger partial charge on any atom is -0.393 e. The lowest BCUT2D eigenvalue weighted by Gasteiger charge is -2.24. The molecule has 0 spiro atoms. The highest BCUT2D eigenvalue weighted by atomic mass is 31.2. The number of unbranched alkanes of at least 4 members (excludes halogenated alkanes) is 16. The van der Waals surface area contributed by atoms with E-state index in [-0.39, 0.29) is 19.6 Å². The lowest BCUT2D eigenvalue weighted by Crippen LogP contribution is -2.46. The lowest BCUT2D eigenvalue weighted by atomic mass is 10.0. The van der Waals surface area contributed by atoms with Gasteiger partial charge in [0.1, 0.15) is 0 Å². The van der Waals surface area contributed by atoms with Gasteiger partial charge in [0, 0.05) is 6.54 Å². The standard InChI is InChI=1S/C39H73N2O7P/c1-3-5-7-9-11-13-15-17-19-21-23-25-27-29-31-38(43)37(35-48-49(45,46)47-33-32-40)41-39(44)34-36(42)30-28-26-24-22-20-18-16-14-12-10-8-6-4-2/h12,14,16,18,21,23,29,31,36-38,42-43H,3-11,13,15,17,19-20,22,24-28,30,32-35,40H2,1-2H3,(H,41,44)(H,45,46)/b14-12-,18-16-,23-21+,31-29+.